The second kappa shape index (κ2) is 6.26. The Balaban J connectivity index is 2.38. The maximum absolute atomic E-state index is 5.14. The van der Waals surface area contributed by atoms with Crippen LogP contribution in [0.25, 0.3) is 0 Å². The highest BCUT2D eigenvalue weighted by atomic mass is 79.9. The van der Waals surface area contributed by atoms with Crippen molar-refractivity contribution in [2.45, 2.75) is 13.0 Å². The zero-order valence-electron chi connectivity index (χ0n) is 10.2. The van der Waals surface area contributed by atoms with E-state index in [9.17, 15) is 0 Å². The molecule has 2 heterocycles. The van der Waals surface area contributed by atoms with E-state index in [1.54, 1.807) is 18.4 Å². The second-order valence-corrected chi connectivity index (χ2v) is 5.25. The molecule has 2 rings (SSSR count). The molecule has 1 atom stereocenters. The number of aromatic nitrogens is 2. The van der Waals surface area contributed by atoms with Crippen LogP contribution >= 0.6 is 27.3 Å². The Morgan fingerprint density at radius 3 is 2.89 bits per heavy atom. The first-order valence-electron chi connectivity index (χ1n) is 5.57. The number of hydrogen-bond donors (Lipinski definition) is 1. The van der Waals surface area contributed by atoms with Gasteiger partial charge >= 0.3 is 0 Å². The van der Waals surface area contributed by atoms with Crippen LogP contribution in [0.4, 0.5) is 0 Å². The smallest absolute Gasteiger partial charge is 0.216 e. The summed E-state index contributed by atoms with van der Waals surface area (Å²) in [5.41, 5.74) is 2.09. The number of ether oxygens (including phenoxy) is 1. The number of methoxy groups -OCH3 is 1. The maximum atomic E-state index is 5.14. The molecule has 18 heavy (non-hydrogen) atoms. The molecule has 0 amide bonds. The number of thiophene rings is 1. The quantitative estimate of drug-likeness (QED) is 0.917. The summed E-state index contributed by atoms with van der Waals surface area (Å²) in [4.78, 5) is 8.37. The lowest BCUT2D eigenvalue weighted by molar-refractivity contribution is 0.395. The Hall–Kier alpha value is -0.980. The molecule has 0 radical (unpaired) electrons. The molecule has 0 spiro atoms. The molecule has 2 aromatic rings. The Morgan fingerprint density at radius 2 is 2.28 bits per heavy atom. The van der Waals surface area contributed by atoms with E-state index in [1.165, 1.54) is 11.9 Å². The predicted octanol–water partition coefficient (Wildman–Crippen LogP) is 3.01. The summed E-state index contributed by atoms with van der Waals surface area (Å²) in [5.74, 6) is 0.578. The van der Waals surface area contributed by atoms with E-state index < -0.39 is 0 Å². The van der Waals surface area contributed by atoms with Crippen molar-refractivity contribution in [1.29, 1.82) is 0 Å². The van der Waals surface area contributed by atoms with Gasteiger partial charge in [-0.15, -0.1) is 0 Å². The third-order valence-electron chi connectivity index (χ3n) is 2.53. The molecule has 0 bridgehead atoms. The largest absolute Gasteiger partial charge is 0.481 e. The number of hydrogen-bond acceptors (Lipinski definition) is 5. The van der Waals surface area contributed by atoms with Gasteiger partial charge in [0.2, 0.25) is 5.88 Å². The topological polar surface area (TPSA) is 47.0 Å². The van der Waals surface area contributed by atoms with Gasteiger partial charge in [0.05, 0.1) is 18.8 Å². The van der Waals surface area contributed by atoms with Gasteiger partial charge in [0.25, 0.3) is 0 Å². The van der Waals surface area contributed by atoms with Gasteiger partial charge in [0.1, 0.15) is 6.33 Å². The van der Waals surface area contributed by atoms with Crippen LogP contribution in [0.5, 0.6) is 5.88 Å². The number of rotatable bonds is 5. The summed E-state index contributed by atoms with van der Waals surface area (Å²) in [6.45, 7) is 2.94. The Labute approximate surface area is 119 Å². The van der Waals surface area contributed by atoms with E-state index >= 15 is 0 Å². The van der Waals surface area contributed by atoms with E-state index in [4.69, 9.17) is 4.74 Å². The zero-order chi connectivity index (χ0) is 13.0. The Morgan fingerprint density at radius 1 is 1.44 bits per heavy atom. The fourth-order valence-corrected chi connectivity index (χ4v) is 3.25. The van der Waals surface area contributed by atoms with Gasteiger partial charge in [-0.25, -0.2) is 9.97 Å². The molecule has 1 unspecified atom stereocenters. The van der Waals surface area contributed by atoms with Gasteiger partial charge in [0, 0.05) is 15.9 Å². The van der Waals surface area contributed by atoms with Gasteiger partial charge in [0.15, 0.2) is 0 Å². The van der Waals surface area contributed by atoms with Gasteiger partial charge in [-0.2, -0.15) is 11.3 Å². The molecule has 96 valence electrons. The van der Waals surface area contributed by atoms with Crippen molar-refractivity contribution < 1.29 is 4.74 Å². The van der Waals surface area contributed by atoms with Crippen LogP contribution in [0.2, 0.25) is 0 Å². The van der Waals surface area contributed by atoms with Crippen LogP contribution in [-0.2, 0) is 0 Å². The third-order valence-corrected chi connectivity index (χ3v) is 4.28. The van der Waals surface area contributed by atoms with Crippen LogP contribution < -0.4 is 10.1 Å². The van der Waals surface area contributed by atoms with Crippen LogP contribution in [0.15, 0.2) is 27.6 Å². The molecule has 0 aromatic carbocycles. The fraction of sp³-hybridized carbons (Fsp3) is 0.333. The molecule has 1 N–H and O–H groups in total. The molecule has 0 aliphatic carbocycles. The normalized spacial score (nSPS) is 12.4. The summed E-state index contributed by atoms with van der Waals surface area (Å²) < 4.78 is 6.24. The number of halogens is 1. The highest BCUT2D eigenvalue weighted by Gasteiger charge is 2.18. The van der Waals surface area contributed by atoms with Crippen molar-refractivity contribution in [3.05, 3.63) is 38.9 Å². The van der Waals surface area contributed by atoms with Gasteiger partial charge in [-0.05, 0) is 33.4 Å². The number of nitrogens with one attached hydrogen (secondary N) is 1. The summed E-state index contributed by atoms with van der Waals surface area (Å²) >= 11 is 5.23. The lowest BCUT2D eigenvalue weighted by Gasteiger charge is -2.17. The monoisotopic (exact) mass is 327 g/mol. The summed E-state index contributed by atoms with van der Waals surface area (Å²) in [6.07, 6.45) is 1.53. The van der Waals surface area contributed by atoms with Crippen LogP contribution in [0.3, 0.4) is 0 Å². The van der Waals surface area contributed by atoms with E-state index in [2.05, 4.69) is 48.9 Å². The minimum absolute atomic E-state index is 0.0486. The minimum Gasteiger partial charge on any atom is -0.481 e. The molecule has 6 heteroatoms. The predicted molar refractivity (Wildman–Crippen MR) is 76.1 cm³/mol. The highest BCUT2D eigenvalue weighted by molar-refractivity contribution is 9.10. The van der Waals surface area contributed by atoms with Crippen LogP contribution in [0, 0.1) is 0 Å². The average Bonchev–Trinajstić information content (AvgIpc) is 2.82. The number of nitrogens with zero attached hydrogens (tertiary/aromatic N) is 2. The summed E-state index contributed by atoms with van der Waals surface area (Å²) in [5, 5.41) is 7.61. The summed E-state index contributed by atoms with van der Waals surface area (Å²) in [7, 11) is 1.61. The Kier molecular flexibility index (Phi) is 4.68. The standard InChI is InChI=1S/C12H14BrN3OS/c1-3-14-12(8-5-18-6-9(8)13)10-4-11(17-2)16-7-15-10/h4-7,12,14H,3H2,1-2H3. The molecule has 0 fully saturated rings. The highest BCUT2D eigenvalue weighted by Crippen LogP contribution is 2.31. The van der Waals surface area contributed by atoms with E-state index in [-0.39, 0.29) is 6.04 Å². The SMILES string of the molecule is CCNC(c1cc(OC)ncn1)c1cscc1Br. The first kappa shape index (κ1) is 13.5. The van der Waals surface area contributed by atoms with Crippen LogP contribution in [-0.4, -0.2) is 23.6 Å². The fourth-order valence-electron chi connectivity index (χ4n) is 1.70. The van der Waals surface area contributed by atoms with E-state index in [1.807, 2.05) is 6.07 Å². The Bertz CT molecular complexity index is 518. The molecule has 0 saturated carbocycles. The minimum atomic E-state index is 0.0486. The van der Waals surface area contributed by atoms with Crippen molar-refractivity contribution >= 4 is 27.3 Å². The van der Waals surface area contributed by atoms with Crippen LogP contribution in [0.1, 0.15) is 24.2 Å². The molecule has 0 aliphatic heterocycles. The van der Waals surface area contributed by atoms with E-state index in [0.717, 1.165) is 16.7 Å². The first-order chi connectivity index (χ1) is 8.76. The van der Waals surface area contributed by atoms with E-state index in [0.29, 0.717) is 5.88 Å². The van der Waals surface area contributed by atoms with Crippen molar-refractivity contribution in [3.8, 4) is 5.88 Å². The average molecular weight is 328 g/mol. The van der Waals surface area contributed by atoms with Gasteiger partial charge in [-0.1, -0.05) is 6.92 Å². The molecular weight excluding hydrogens is 314 g/mol. The summed E-state index contributed by atoms with van der Waals surface area (Å²) in [6, 6.07) is 1.91. The molecular formula is C12H14BrN3OS. The second-order valence-electron chi connectivity index (χ2n) is 3.65. The first-order valence-corrected chi connectivity index (χ1v) is 7.30. The van der Waals surface area contributed by atoms with Gasteiger partial charge < -0.3 is 10.1 Å². The molecule has 2 aromatic heterocycles. The third kappa shape index (κ3) is 2.88. The lowest BCUT2D eigenvalue weighted by Crippen LogP contribution is -2.23. The molecule has 4 nitrogen and oxygen atoms in total. The van der Waals surface area contributed by atoms with Crippen molar-refractivity contribution in [3.63, 3.8) is 0 Å². The maximum Gasteiger partial charge on any atom is 0.216 e. The van der Waals surface area contributed by atoms with Crippen molar-refractivity contribution in [2.24, 2.45) is 0 Å². The van der Waals surface area contributed by atoms with Crippen molar-refractivity contribution in [1.82, 2.24) is 15.3 Å². The lowest BCUT2D eigenvalue weighted by atomic mass is 10.1. The van der Waals surface area contributed by atoms with Gasteiger partial charge in [-0.3, -0.25) is 0 Å². The molecule has 0 saturated heterocycles. The zero-order valence-corrected chi connectivity index (χ0v) is 12.6. The molecule has 0 aliphatic rings. The van der Waals surface area contributed by atoms with Crippen molar-refractivity contribution in [2.75, 3.05) is 13.7 Å².